The van der Waals surface area contributed by atoms with Gasteiger partial charge in [0, 0.05) is 13.1 Å². The van der Waals surface area contributed by atoms with Crippen molar-refractivity contribution >= 4 is 40.9 Å². The molecule has 2 aliphatic rings. The Bertz CT molecular complexity index is 1190. The number of hydrogen-bond acceptors (Lipinski definition) is 7. The molecule has 0 bridgehead atoms. The third-order valence-corrected chi connectivity index (χ3v) is 6.39. The number of amides is 3. The summed E-state index contributed by atoms with van der Waals surface area (Å²) in [6.45, 7) is 0.163. The zero-order chi connectivity index (χ0) is 24.2. The standard InChI is InChI=1S/C24H22N2O7S/c1-32-19-10-15(6-7-18(19)33-14-22(28)29)11-20-23(30)26(24(31)34-20)13-21(27)25-9-8-16-4-2-3-5-17(16)12-25/h2-7,10-11H,8-9,12-14H2,1H3,(H,28,29). The molecule has 10 heteroatoms. The van der Waals surface area contributed by atoms with Crippen molar-refractivity contribution in [3.05, 3.63) is 64.1 Å². The molecule has 9 nitrogen and oxygen atoms in total. The Kier molecular flexibility index (Phi) is 6.87. The summed E-state index contributed by atoms with van der Waals surface area (Å²) in [5.74, 6) is -1.41. The lowest BCUT2D eigenvalue weighted by Gasteiger charge is -2.29. The van der Waals surface area contributed by atoms with Gasteiger partial charge < -0.3 is 19.5 Å². The molecule has 0 saturated carbocycles. The van der Waals surface area contributed by atoms with Crippen LogP contribution in [0.2, 0.25) is 0 Å². The number of carbonyl (C=O) groups is 4. The van der Waals surface area contributed by atoms with Crippen LogP contribution in [0.3, 0.4) is 0 Å². The second kappa shape index (κ2) is 10.0. The fourth-order valence-corrected chi connectivity index (χ4v) is 4.60. The van der Waals surface area contributed by atoms with Gasteiger partial charge in [0.15, 0.2) is 18.1 Å². The maximum Gasteiger partial charge on any atom is 0.341 e. The number of fused-ring (bicyclic) bond motifs is 1. The summed E-state index contributed by atoms with van der Waals surface area (Å²) in [5.41, 5.74) is 2.83. The van der Waals surface area contributed by atoms with Crippen molar-refractivity contribution < 1.29 is 33.8 Å². The van der Waals surface area contributed by atoms with E-state index in [0.29, 0.717) is 18.7 Å². The molecule has 176 valence electrons. The van der Waals surface area contributed by atoms with Crippen molar-refractivity contribution in [3.8, 4) is 11.5 Å². The zero-order valence-electron chi connectivity index (χ0n) is 18.4. The predicted octanol–water partition coefficient (Wildman–Crippen LogP) is 2.78. The molecule has 1 N–H and O–H groups in total. The number of carboxylic acid groups (broad SMARTS) is 1. The fourth-order valence-electron chi connectivity index (χ4n) is 3.76. The summed E-state index contributed by atoms with van der Waals surface area (Å²) in [4.78, 5) is 51.7. The molecule has 34 heavy (non-hydrogen) atoms. The van der Waals surface area contributed by atoms with Crippen LogP contribution in [0, 0.1) is 0 Å². The zero-order valence-corrected chi connectivity index (χ0v) is 19.2. The maximum atomic E-state index is 12.9. The van der Waals surface area contributed by atoms with Gasteiger partial charge in [-0.25, -0.2) is 4.79 Å². The van der Waals surface area contributed by atoms with Crippen molar-refractivity contribution in [2.24, 2.45) is 0 Å². The van der Waals surface area contributed by atoms with Gasteiger partial charge in [-0.1, -0.05) is 30.3 Å². The second-order valence-corrected chi connectivity index (χ2v) is 8.69. The SMILES string of the molecule is COc1cc(C=C2SC(=O)N(CC(=O)N3CCc4ccccc4C3)C2=O)ccc1OCC(=O)O. The summed E-state index contributed by atoms with van der Waals surface area (Å²) >= 11 is 0.764. The average Bonchev–Trinajstić information content (AvgIpc) is 3.09. The van der Waals surface area contributed by atoms with Crippen LogP contribution in [-0.2, 0) is 27.3 Å². The number of aliphatic carboxylic acids is 1. The molecule has 3 amide bonds. The highest BCUT2D eigenvalue weighted by Crippen LogP contribution is 2.34. The molecule has 2 aliphatic heterocycles. The number of imide groups is 1. The van der Waals surface area contributed by atoms with E-state index in [1.165, 1.54) is 24.8 Å². The highest BCUT2D eigenvalue weighted by atomic mass is 32.2. The van der Waals surface area contributed by atoms with E-state index in [1.54, 1.807) is 17.0 Å². The topological polar surface area (TPSA) is 113 Å². The largest absolute Gasteiger partial charge is 0.493 e. The Hall–Kier alpha value is -3.79. The fraction of sp³-hybridized carbons (Fsp3) is 0.250. The van der Waals surface area contributed by atoms with Crippen LogP contribution in [0.1, 0.15) is 16.7 Å². The second-order valence-electron chi connectivity index (χ2n) is 7.69. The lowest BCUT2D eigenvalue weighted by atomic mass is 10.00. The molecule has 2 aromatic carbocycles. The minimum Gasteiger partial charge on any atom is -0.493 e. The van der Waals surface area contributed by atoms with Crippen molar-refractivity contribution in [3.63, 3.8) is 0 Å². The number of benzene rings is 2. The molecule has 0 unspecified atom stereocenters. The van der Waals surface area contributed by atoms with E-state index in [1.807, 2.05) is 24.3 Å². The highest BCUT2D eigenvalue weighted by Gasteiger charge is 2.37. The maximum absolute atomic E-state index is 12.9. The summed E-state index contributed by atoms with van der Waals surface area (Å²) in [5, 5.41) is 8.27. The molecule has 0 atom stereocenters. The third kappa shape index (κ3) is 5.07. The lowest BCUT2D eigenvalue weighted by Crippen LogP contribution is -2.44. The number of thioether (sulfide) groups is 1. The molecular formula is C24H22N2O7S. The highest BCUT2D eigenvalue weighted by molar-refractivity contribution is 8.18. The smallest absolute Gasteiger partial charge is 0.341 e. The number of carboxylic acids is 1. The number of carbonyl (C=O) groups excluding carboxylic acids is 3. The van der Waals surface area contributed by atoms with Crippen LogP contribution in [-0.4, -0.2) is 64.7 Å². The van der Waals surface area contributed by atoms with E-state index in [0.717, 1.165) is 28.6 Å². The first-order valence-electron chi connectivity index (χ1n) is 10.5. The molecule has 0 aromatic heterocycles. The predicted molar refractivity (Wildman–Crippen MR) is 124 cm³/mol. The Morgan fingerprint density at radius 3 is 2.62 bits per heavy atom. The molecule has 2 aromatic rings. The van der Waals surface area contributed by atoms with Gasteiger partial charge in [0.25, 0.3) is 11.1 Å². The minimum atomic E-state index is -1.12. The molecule has 2 heterocycles. The Morgan fingerprint density at radius 2 is 1.88 bits per heavy atom. The first-order valence-corrected chi connectivity index (χ1v) is 11.3. The van der Waals surface area contributed by atoms with E-state index in [4.69, 9.17) is 14.6 Å². The van der Waals surface area contributed by atoms with Gasteiger partial charge in [-0.2, -0.15) is 0 Å². The third-order valence-electron chi connectivity index (χ3n) is 5.49. The molecular weight excluding hydrogens is 460 g/mol. The Balaban J connectivity index is 1.44. The van der Waals surface area contributed by atoms with Crippen LogP contribution in [0.15, 0.2) is 47.4 Å². The average molecular weight is 483 g/mol. The number of ether oxygens (including phenoxy) is 2. The van der Waals surface area contributed by atoms with E-state index in [2.05, 4.69) is 0 Å². The van der Waals surface area contributed by atoms with E-state index in [9.17, 15) is 19.2 Å². The summed E-state index contributed by atoms with van der Waals surface area (Å²) in [6.07, 6.45) is 2.26. The molecule has 1 fully saturated rings. The van der Waals surface area contributed by atoms with Crippen molar-refractivity contribution in [1.29, 1.82) is 0 Å². The van der Waals surface area contributed by atoms with E-state index in [-0.39, 0.29) is 28.9 Å². The van der Waals surface area contributed by atoms with Crippen LogP contribution in [0.4, 0.5) is 4.79 Å². The van der Waals surface area contributed by atoms with Gasteiger partial charge in [0.05, 0.1) is 12.0 Å². The van der Waals surface area contributed by atoms with E-state index >= 15 is 0 Å². The molecule has 4 rings (SSSR count). The molecule has 0 spiro atoms. The Morgan fingerprint density at radius 1 is 1.12 bits per heavy atom. The van der Waals surface area contributed by atoms with Gasteiger partial charge in [-0.15, -0.1) is 0 Å². The van der Waals surface area contributed by atoms with Gasteiger partial charge >= 0.3 is 5.97 Å². The van der Waals surface area contributed by atoms with Crippen LogP contribution >= 0.6 is 11.8 Å². The Labute approximate surface area is 199 Å². The van der Waals surface area contributed by atoms with Crippen LogP contribution in [0.25, 0.3) is 6.08 Å². The van der Waals surface area contributed by atoms with Crippen molar-refractivity contribution in [1.82, 2.24) is 9.80 Å². The monoisotopic (exact) mass is 482 g/mol. The van der Waals surface area contributed by atoms with Gasteiger partial charge in [0.1, 0.15) is 6.54 Å². The first-order chi connectivity index (χ1) is 16.4. The molecule has 0 radical (unpaired) electrons. The van der Waals surface area contributed by atoms with Crippen molar-refractivity contribution in [2.45, 2.75) is 13.0 Å². The van der Waals surface area contributed by atoms with Crippen molar-refractivity contribution in [2.75, 3.05) is 26.8 Å². The number of nitrogens with zero attached hydrogens (tertiary/aromatic N) is 2. The summed E-state index contributed by atoms with van der Waals surface area (Å²) < 4.78 is 10.4. The van der Waals surface area contributed by atoms with Crippen LogP contribution < -0.4 is 9.47 Å². The first kappa shape index (κ1) is 23.4. The molecule has 1 saturated heterocycles. The minimum absolute atomic E-state index is 0.183. The van der Waals surface area contributed by atoms with Crippen LogP contribution in [0.5, 0.6) is 11.5 Å². The summed E-state index contributed by atoms with van der Waals surface area (Å²) in [7, 11) is 1.41. The van der Waals surface area contributed by atoms with E-state index < -0.39 is 23.7 Å². The lowest BCUT2D eigenvalue weighted by molar-refractivity contribution is -0.139. The van der Waals surface area contributed by atoms with Gasteiger partial charge in [-0.3, -0.25) is 19.3 Å². The number of methoxy groups -OCH3 is 1. The summed E-state index contributed by atoms with van der Waals surface area (Å²) in [6, 6.07) is 12.6. The van der Waals surface area contributed by atoms with Gasteiger partial charge in [0.2, 0.25) is 5.91 Å². The number of rotatable bonds is 7. The molecule has 0 aliphatic carbocycles. The quantitative estimate of drug-likeness (QED) is 0.600. The van der Waals surface area contributed by atoms with Gasteiger partial charge in [-0.05, 0) is 53.1 Å². The number of hydrogen-bond donors (Lipinski definition) is 1. The normalized spacial score (nSPS) is 16.6.